The number of fused-ring (bicyclic) bond motifs is 1. The van der Waals surface area contributed by atoms with Crippen LogP contribution < -0.4 is 0 Å². The molecule has 0 saturated heterocycles. The Hall–Kier alpha value is -1.84. The second-order valence-electron chi connectivity index (χ2n) is 3.40. The van der Waals surface area contributed by atoms with Crippen LogP contribution in [0.2, 0.25) is 0 Å². The molecule has 0 heterocycles. The fraction of sp³-hybridized carbons (Fsp3) is 0.0833. The second-order valence-corrected chi connectivity index (χ2v) is 3.40. The molecule has 2 rings (SSSR count). The number of benzene rings is 2. The predicted molar refractivity (Wildman–Crippen MR) is 54.3 cm³/mol. The molecule has 0 spiro atoms. The third-order valence-corrected chi connectivity index (χ3v) is 2.35. The van der Waals surface area contributed by atoms with Crippen molar-refractivity contribution in [1.82, 2.24) is 0 Å². The lowest BCUT2D eigenvalue weighted by molar-refractivity contribution is -0.136. The molecule has 82 valence electrons. The van der Waals surface area contributed by atoms with Crippen LogP contribution in [0.1, 0.15) is 15.9 Å². The second kappa shape index (κ2) is 3.63. The van der Waals surface area contributed by atoms with E-state index in [4.69, 9.17) is 0 Å². The largest absolute Gasteiger partial charge is 0.417 e. The first kappa shape index (κ1) is 10.7. The predicted octanol–water partition coefficient (Wildman–Crippen LogP) is 3.67. The Labute approximate surface area is 89.5 Å². The van der Waals surface area contributed by atoms with Gasteiger partial charge in [-0.25, -0.2) is 0 Å². The van der Waals surface area contributed by atoms with Crippen LogP contribution in [0, 0.1) is 0 Å². The van der Waals surface area contributed by atoms with Crippen molar-refractivity contribution >= 4 is 17.1 Å². The lowest BCUT2D eigenvalue weighted by atomic mass is 10.0. The standard InChI is InChI=1S/C12H7F3O/c13-12(14,15)11-3-1-2-9-5-4-8(7-16)6-10(9)11/h1-7H. The quantitative estimate of drug-likeness (QED) is 0.675. The number of carbonyl (C=O) groups excluding carboxylic acids is 1. The first-order valence-electron chi connectivity index (χ1n) is 4.57. The van der Waals surface area contributed by atoms with Gasteiger partial charge >= 0.3 is 6.18 Å². The molecule has 0 aliphatic rings. The van der Waals surface area contributed by atoms with Gasteiger partial charge in [-0.05, 0) is 22.9 Å². The van der Waals surface area contributed by atoms with E-state index < -0.39 is 11.7 Å². The number of halogens is 3. The Morgan fingerprint density at radius 3 is 2.44 bits per heavy atom. The van der Waals surface area contributed by atoms with Crippen LogP contribution >= 0.6 is 0 Å². The molecule has 0 N–H and O–H groups in total. The molecule has 0 aliphatic carbocycles. The molecule has 0 aliphatic heterocycles. The number of hydrogen-bond acceptors (Lipinski definition) is 1. The van der Waals surface area contributed by atoms with E-state index in [9.17, 15) is 18.0 Å². The van der Waals surface area contributed by atoms with Gasteiger partial charge in [0, 0.05) is 5.56 Å². The molecule has 2 aromatic rings. The molecular formula is C12H7F3O. The molecular weight excluding hydrogens is 217 g/mol. The molecule has 2 aromatic carbocycles. The molecule has 0 aromatic heterocycles. The van der Waals surface area contributed by atoms with E-state index in [2.05, 4.69) is 0 Å². The van der Waals surface area contributed by atoms with Crippen molar-refractivity contribution in [1.29, 1.82) is 0 Å². The summed E-state index contributed by atoms with van der Waals surface area (Å²) in [7, 11) is 0. The zero-order valence-electron chi connectivity index (χ0n) is 8.08. The van der Waals surface area contributed by atoms with E-state index in [1.165, 1.54) is 24.3 Å². The Morgan fingerprint density at radius 1 is 1.06 bits per heavy atom. The summed E-state index contributed by atoms with van der Waals surface area (Å²) in [6, 6.07) is 8.21. The first-order valence-corrected chi connectivity index (χ1v) is 4.57. The van der Waals surface area contributed by atoms with Crippen LogP contribution in [0.15, 0.2) is 36.4 Å². The van der Waals surface area contributed by atoms with Crippen molar-refractivity contribution in [2.24, 2.45) is 0 Å². The minimum absolute atomic E-state index is 0.0552. The Bertz CT molecular complexity index is 543. The summed E-state index contributed by atoms with van der Waals surface area (Å²) in [4.78, 5) is 10.5. The van der Waals surface area contributed by atoms with Gasteiger partial charge in [0.05, 0.1) is 5.56 Å². The molecule has 0 atom stereocenters. The van der Waals surface area contributed by atoms with Gasteiger partial charge < -0.3 is 0 Å². The number of hydrogen-bond donors (Lipinski definition) is 0. The van der Waals surface area contributed by atoms with Gasteiger partial charge in [0.1, 0.15) is 6.29 Å². The average molecular weight is 224 g/mol. The fourth-order valence-electron chi connectivity index (χ4n) is 1.61. The monoisotopic (exact) mass is 224 g/mol. The third kappa shape index (κ3) is 1.78. The third-order valence-electron chi connectivity index (χ3n) is 2.35. The van der Waals surface area contributed by atoms with E-state index in [-0.39, 0.29) is 10.9 Å². The van der Waals surface area contributed by atoms with E-state index in [0.717, 1.165) is 6.07 Å². The highest BCUT2D eigenvalue weighted by atomic mass is 19.4. The Morgan fingerprint density at radius 2 is 1.81 bits per heavy atom. The lowest BCUT2D eigenvalue weighted by Crippen LogP contribution is -2.05. The Balaban J connectivity index is 2.79. The van der Waals surface area contributed by atoms with E-state index in [0.29, 0.717) is 11.7 Å². The van der Waals surface area contributed by atoms with Gasteiger partial charge in [0.2, 0.25) is 0 Å². The van der Waals surface area contributed by atoms with Gasteiger partial charge in [0.25, 0.3) is 0 Å². The average Bonchev–Trinajstić information content (AvgIpc) is 2.26. The minimum atomic E-state index is -4.40. The molecule has 0 amide bonds. The van der Waals surface area contributed by atoms with Gasteiger partial charge in [-0.2, -0.15) is 13.2 Å². The van der Waals surface area contributed by atoms with Crippen LogP contribution in [0.4, 0.5) is 13.2 Å². The highest BCUT2D eigenvalue weighted by molar-refractivity contribution is 5.91. The SMILES string of the molecule is O=Cc1ccc2cccc(C(F)(F)F)c2c1. The summed E-state index contributed by atoms with van der Waals surface area (Å²) in [6.07, 6.45) is -3.87. The molecule has 4 heteroatoms. The number of rotatable bonds is 1. The van der Waals surface area contributed by atoms with Gasteiger partial charge in [0.15, 0.2) is 0 Å². The first-order chi connectivity index (χ1) is 7.52. The normalized spacial score (nSPS) is 11.7. The Kier molecular flexibility index (Phi) is 2.42. The van der Waals surface area contributed by atoms with Crippen LogP contribution in [0.3, 0.4) is 0 Å². The maximum atomic E-state index is 12.7. The van der Waals surface area contributed by atoms with Crippen LogP contribution in [-0.2, 0) is 6.18 Å². The maximum absolute atomic E-state index is 12.7. The molecule has 0 bridgehead atoms. The molecule has 0 radical (unpaired) electrons. The lowest BCUT2D eigenvalue weighted by Gasteiger charge is -2.10. The van der Waals surface area contributed by atoms with Crippen LogP contribution in [0.5, 0.6) is 0 Å². The molecule has 0 saturated carbocycles. The number of carbonyl (C=O) groups is 1. The smallest absolute Gasteiger partial charge is 0.298 e. The van der Waals surface area contributed by atoms with Gasteiger partial charge in [-0.3, -0.25) is 4.79 Å². The van der Waals surface area contributed by atoms with Crippen LogP contribution in [0.25, 0.3) is 10.8 Å². The van der Waals surface area contributed by atoms with Gasteiger partial charge in [-0.1, -0.05) is 24.3 Å². The number of alkyl halides is 3. The molecule has 16 heavy (non-hydrogen) atoms. The summed E-state index contributed by atoms with van der Waals surface area (Å²) >= 11 is 0. The van der Waals surface area contributed by atoms with E-state index in [1.807, 2.05) is 0 Å². The van der Waals surface area contributed by atoms with E-state index >= 15 is 0 Å². The van der Waals surface area contributed by atoms with Crippen molar-refractivity contribution in [2.45, 2.75) is 6.18 Å². The summed E-state index contributed by atoms with van der Waals surface area (Å²) in [5, 5.41) is 0.528. The zero-order chi connectivity index (χ0) is 11.8. The summed E-state index contributed by atoms with van der Waals surface area (Å²) in [5.41, 5.74) is -0.474. The molecule has 0 fully saturated rings. The van der Waals surface area contributed by atoms with Gasteiger partial charge in [-0.15, -0.1) is 0 Å². The zero-order valence-corrected chi connectivity index (χ0v) is 8.08. The van der Waals surface area contributed by atoms with Crippen molar-refractivity contribution < 1.29 is 18.0 Å². The maximum Gasteiger partial charge on any atom is 0.417 e. The fourth-order valence-corrected chi connectivity index (χ4v) is 1.61. The molecule has 1 nitrogen and oxygen atoms in total. The summed E-state index contributed by atoms with van der Waals surface area (Å²) in [6.45, 7) is 0. The van der Waals surface area contributed by atoms with Crippen molar-refractivity contribution in [2.75, 3.05) is 0 Å². The van der Waals surface area contributed by atoms with Crippen molar-refractivity contribution in [3.8, 4) is 0 Å². The van der Waals surface area contributed by atoms with E-state index in [1.54, 1.807) is 6.07 Å². The summed E-state index contributed by atoms with van der Waals surface area (Å²) < 4.78 is 38.0. The summed E-state index contributed by atoms with van der Waals surface area (Å²) in [5.74, 6) is 0. The highest BCUT2D eigenvalue weighted by Crippen LogP contribution is 2.34. The minimum Gasteiger partial charge on any atom is -0.298 e. The number of aldehydes is 1. The highest BCUT2D eigenvalue weighted by Gasteiger charge is 2.32. The van der Waals surface area contributed by atoms with Crippen molar-refractivity contribution in [3.05, 3.63) is 47.5 Å². The molecule has 0 unspecified atom stereocenters. The topological polar surface area (TPSA) is 17.1 Å². The van der Waals surface area contributed by atoms with Crippen molar-refractivity contribution in [3.63, 3.8) is 0 Å². The van der Waals surface area contributed by atoms with Crippen LogP contribution in [-0.4, -0.2) is 6.29 Å².